The molecular formula is C36H54N6O6. The van der Waals surface area contributed by atoms with Crippen molar-refractivity contribution in [2.75, 3.05) is 32.9 Å². The molecule has 1 aliphatic carbocycles. The largest absolute Gasteiger partial charge is 0.444 e. The van der Waals surface area contributed by atoms with Crippen LogP contribution >= 0.6 is 0 Å². The molecule has 12 heteroatoms. The first-order chi connectivity index (χ1) is 22.8. The zero-order valence-corrected chi connectivity index (χ0v) is 29.2. The van der Waals surface area contributed by atoms with Gasteiger partial charge in [0.1, 0.15) is 23.2 Å². The maximum Gasteiger partial charge on any atom is 0.408 e. The maximum atomic E-state index is 14.0. The van der Waals surface area contributed by atoms with Crippen molar-refractivity contribution in [2.45, 2.75) is 109 Å². The normalized spacial score (nSPS) is 20.2. The summed E-state index contributed by atoms with van der Waals surface area (Å²) < 4.78 is 11.2. The summed E-state index contributed by atoms with van der Waals surface area (Å²) in [6, 6.07) is 8.07. The van der Waals surface area contributed by atoms with Gasteiger partial charge in [-0.05, 0) is 71.4 Å². The van der Waals surface area contributed by atoms with Gasteiger partial charge in [-0.3, -0.25) is 24.6 Å². The lowest BCUT2D eigenvalue weighted by Gasteiger charge is -2.33. The summed E-state index contributed by atoms with van der Waals surface area (Å²) >= 11 is 0. The molecule has 1 aromatic carbocycles. The quantitative estimate of drug-likeness (QED) is 0.266. The number of allylic oxidation sites excluding steroid dienone is 3. The Morgan fingerprint density at radius 1 is 1.00 bits per heavy atom. The summed E-state index contributed by atoms with van der Waals surface area (Å²) in [7, 11) is 0. The van der Waals surface area contributed by atoms with Crippen LogP contribution in [0.3, 0.4) is 0 Å². The minimum atomic E-state index is -1.38. The number of likely N-dealkylation sites (tertiary alicyclic amines) is 1. The number of alkyl carbamates (subject to hydrolysis) is 1. The third-order valence-corrected chi connectivity index (χ3v) is 8.59. The Hall–Kier alpha value is -3.74. The molecule has 4 N–H and O–H groups in total. The first-order valence-electron chi connectivity index (χ1n) is 17.2. The molecule has 2 fully saturated rings. The molecule has 2 heterocycles. The summed E-state index contributed by atoms with van der Waals surface area (Å²) in [6.07, 6.45) is 11.0. The molecule has 48 heavy (non-hydrogen) atoms. The Bertz CT molecular complexity index is 1320. The Labute approximate surface area is 285 Å². The van der Waals surface area contributed by atoms with E-state index in [-0.39, 0.29) is 19.1 Å². The third kappa shape index (κ3) is 11.2. The number of nitrogens with zero attached hydrogens (tertiary/aromatic N) is 2. The molecule has 0 bridgehead atoms. The van der Waals surface area contributed by atoms with Crippen LogP contribution in [0.4, 0.5) is 4.79 Å². The van der Waals surface area contributed by atoms with Crippen LogP contribution in [0.15, 0.2) is 54.1 Å². The predicted octanol–water partition coefficient (Wildman–Crippen LogP) is 3.34. The smallest absolute Gasteiger partial charge is 0.408 e. The number of ether oxygens (including phenoxy) is 2. The standard InChI is InChI=1S/C36H54N6O6/c1-35(2,3)48-34(46)40-36(4,5)33(45)38-28(24-47-23-26-16-10-8-11-17-26)31(43)39-29-22-42(25-37-29)30(27-18-12-9-13-19-27)32(44)41-20-14-6-7-15-21-41/h8-12,16-18,28-30,37H,6-7,13-15,19-25H2,1-5H3,(H,38,45)(H,39,43)(H,40,46). The number of hydrogen-bond acceptors (Lipinski definition) is 8. The molecule has 1 aromatic rings. The van der Waals surface area contributed by atoms with Gasteiger partial charge in [-0.15, -0.1) is 0 Å². The van der Waals surface area contributed by atoms with E-state index in [2.05, 4.69) is 38.3 Å². The van der Waals surface area contributed by atoms with Crippen molar-refractivity contribution in [3.8, 4) is 0 Å². The van der Waals surface area contributed by atoms with Gasteiger partial charge in [-0.25, -0.2) is 4.79 Å². The van der Waals surface area contributed by atoms with Gasteiger partial charge >= 0.3 is 6.09 Å². The lowest BCUT2D eigenvalue weighted by atomic mass is 9.95. The molecule has 0 spiro atoms. The van der Waals surface area contributed by atoms with Crippen molar-refractivity contribution in [3.05, 3.63) is 59.7 Å². The molecular weight excluding hydrogens is 612 g/mol. The minimum Gasteiger partial charge on any atom is -0.444 e. The van der Waals surface area contributed by atoms with Crippen LogP contribution in [-0.4, -0.2) is 95.9 Å². The van der Waals surface area contributed by atoms with Gasteiger partial charge in [0.05, 0.1) is 26.0 Å². The number of carbonyl (C=O) groups is 4. The average Bonchev–Trinajstić information content (AvgIpc) is 3.30. The van der Waals surface area contributed by atoms with E-state index in [1.54, 1.807) is 34.6 Å². The van der Waals surface area contributed by atoms with Crippen molar-refractivity contribution in [1.82, 2.24) is 31.1 Å². The number of carbonyl (C=O) groups excluding carboxylic acids is 4. The highest BCUT2D eigenvalue weighted by Gasteiger charge is 2.39. The molecule has 3 unspecified atom stereocenters. The van der Waals surface area contributed by atoms with Crippen molar-refractivity contribution in [2.24, 2.45) is 0 Å². The van der Waals surface area contributed by atoms with E-state index >= 15 is 0 Å². The lowest BCUT2D eigenvalue weighted by Crippen LogP contribution is -2.61. The van der Waals surface area contributed by atoms with E-state index < -0.39 is 47.3 Å². The zero-order valence-electron chi connectivity index (χ0n) is 29.2. The van der Waals surface area contributed by atoms with E-state index in [4.69, 9.17) is 9.47 Å². The molecule has 264 valence electrons. The van der Waals surface area contributed by atoms with Crippen LogP contribution in [0.2, 0.25) is 0 Å². The average molecular weight is 667 g/mol. The van der Waals surface area contributed by atoms with E-state index in [1.165, 1.54) is 0 Å². The van der Waals surface area contributed by atoms with E-state index in [0.29, 0.717) is 13.2 Å². The highest BCUT2D eigenvalue weighted by atomic mass is 16.6. The molecule has 0 radical (unpaired) electrons. The highest BCUT2D eigenvalue weighted by molar-refractivity contribution is 5.93. The topological polar surface area (TPSA) is 141 Å². The Balaban J connectivity index is 1.43. The number of hydrogen-bond donors (Lipinski definition) is 4. The molecule has 3 aliphatic rings. The van der Waals surface area contributed by atoms with Gasteiger partial charge in [-0.1, -0.05) is 61.4 Å². The van der Waals surface area contributed by atoms with Crippen LogP contribution in [0.5, 0.6) is 0 Å². The number of nitrogens with one attached hydrogen (secondary N) is 4. The monoisotopic (exact) mass is 666 g/mol. The van der Waals surface area contributed by atoms with Crippen molar-refractivity contribution in [3.63, 3.8) is 0 Å². The molecule has 2 aliphatic heterocycles. The molecule has 0 saturated carbocycles. The molecule has 2 saturated heterocycles. The molecule has 4 amide bonds. The van der Waals surface area contributed by atoms with Crippen LogP contribution in [0.1, 0.15) is 78.7 Å². The Morgan fingerprint density at radius 2 is 1.71 bits per heavy atom. The second-order valence-electron chi connectivity index (χ2n) is 14.3. The zero-order chi connectivity index (χ0) is 34.7. The number of benzene rings is 1. The molecule has 3 atom stereocenters. The second kappa shape index (κ2) is 17.1. The van der Waals surface area contributed by atoms with Crippen LogP contribution in [-0.2, 0) is 30.5 Å². The minimum absolute atomic E-state index is 0.0965. The van der Waals surface area contributed by atoms with Gasteiger partial charge in [0.15, 0.2) is 0 Å². The molecule has 4 rings (SSSR count). The molecule has 12 nitrogen and oxygen atoms in total. The van der Waals surface area contributed by atoms with Gasteiger partial charge in [-0.2, -0.15) is 0 Å². The fourth-order valence-electron chi connectivity index (χ4n) is 6.03. The van der Waals surface area contributed by atoms with Gasteiger partial charge < -0.3 is 30.3 Å². The van der Waals surface area contributed by atoms with Crippen molar-refractivity contribution in [1.29, 1.82) is 0 Å². The third-order valence-electron chi connectivity index (χ3n) is 8.59. The lowest BCUT2D eigenvalue weighted by molar-refractivity contribution is -0.135. The van der Waals surface area contributed by atoms with E-state index in [0.717, 1.165) is 62.8 Å². The van der Waals surface area contributed by atoms with E-state index in [1.807, 2.05) is 41.3 Å². The first kappa shape index (κ1) is 37.1. The SMILES string of the molecule is CC(C)(C)OC(=O)NC(C)(C)C(=O)NC(COCc1ccccc1)C(=O)NC1CN(C(C(=O)N2CCCCCC2)C2=CC=CCC2)CN1. The highest BCUT2D eigenvalue weighted by Crippen LogP contribution is 2.25. The number of rotatable bonds is 12. The van der Waals surface area contributed by atoms with Gasteiger partial charge in [0.25, 0.3) is 0 Å². The first-order valence-corrected chi connectivity index (χ1v) is 17.2. The summed E-state index contributed by atoms with van der Waals surface area (Å²) in [5.74, 6) is -0.899. The molecule has 0 aromatic heterocycles. The Kier molecular flexibility index (Phi) is 13.2. The van der Waals surface area contributed by atoms with Gasteiger partial charge in [0.2, 0.25) is 17.7 Å². The summed E-state index contributed by atoms with van der Waals surface area (Å²) in [5.41, 5.74) is -0.117. The Morgan fingerprint density at radius 3 is 2.35 bits per heavy atom. The van der Waals surface area contributed by atoms with Crippen LogP contribution in [0, 0.1) is 0 Å². The fourth-order valence-corrected chi connectivity index (χ4v) is 6.03. The second-order valence-corrected chi connectivity index (χ2v) is 14.3. The van der Waals surface area contributed by atoms with Gasteiger partial charge in [0, 0.05) is 19.6 Å². The fraction of sp³-hybridized carbons (Fsp3) is 0.611. The maximum absolute atomic E-state index is 14.0. The van der Waals surface area contributed by atoms with Crippen molar-refractivity contribution >= 4 is 23.8 Å². The van der Waals surface area contributed by atoms with Crippen molar-refractivity contribution < 1.29 is 28.7 Å². The predicted molar refractivity (Wildman–Crippen MR) is 183 cm³/mol. The number of amides is 4. The summed E-state index contributed by atoms with van der Waals surface area (Å²) in [5, 5.41) is 11.7. The van der Waals surface area contributed by atoms with Crippen LogP contribution < -0.4 is 21.3 Å². The summed E-state index contributed by atoms with van der Waals surface area (Å²) in [4.78, 5) is 57.7. The van der Waals surface area contributed by atoms with Crippen LogP contribution in [0.25, 0.3) is 0 Å². The summed E-state index contributed by atoms with van der Waals surface area (Å²) in [6.45, 7) is 10.8. The van der Waals surface area contributed by atoms with E-state index in [9.17, 15) is 19.2 Å².